The molecule has 150 valence electrons. The molecule has 0 spiro atoms. The van der Waals surface area contributed by atoms with Crippen LogP contribution in [0.15, 0.2) is 30.6 Å². The average molecular weight is 401 g/mol. The van der Waals surface area contributed by atoms with Crippen LogP contribution in [0.3, 0.4) is 0 Å². The van der Waals surface area contributed by atoms with Crippen molar-refractivity contribution in [3.8, 4) is 17.3 Å². The SMILES string of the molecule is [2H]C([2H])(Oc1nn2c(-c3cc(F)ccc3F)nnc2cc1C(C)(C)C)c1ncnn1C. The molecule has 3 heterocycles. The third kappa shape index (κ3) is 3.53. The lowest BCUT2D eigenvalue weighted by molar-refractivity contribution is 0.266. The maximum Gasteiger partial charge on any atom is 0.236 e. The van der Waals surface area contributed by atoms with Crippen molar-refractivity contribution in [2.75, 3.05) is 0 Å². The van der Waals surface area contributed by atoms with Crippen molar-refractivity contribution in [2.24, 2.45) is 7.05 Å². The van der Waals surface area contributed by atoms with Gasteiger partial charge in [-0.25, -0.2) is 13.8 Å². The van der Waals surface area contributed by atoms with Crippen molar-refractivity contribution in [3.05, 3.63) is 53.6 Å². The van der Waals surface area contributed by atoms with Crippen LogP contribution < -0.4 is 4.74 Å². The van der Waals surface area contributed by atoms with Crippen molar-refractivity contribution < 1.29 is 16.3 Å². The van der Waals surface area contributed by atoms with Gasteiger partial charge in [-0.2, -0.15) is 9.61 Å². The van der Waals surface area contributed by atoms with Crippen LogP contribution in [-0.4, -0.2) is 34.6 Å². The van der Waals surface area contributed by atoms with E-state index in [1.807, 2.05) is 20.8 Å². The smallest absolute Gasteiger partial charge is 0.236 e. The van der Waals surface area contributed by atoms with Crippen LogP contribution >= 0.6 is 0 Å². The topological polar surface area (TPSA) is 83.0 Å². The fourth-order valence-corrected chi connectivity index (χ4v) is 2.75. The van der Waals surface area contributed by atoms with Crippen molar-refractivity contribution in [1.82, 2.24) is 34.6 Å². The number of rotatable bonds is 4. The Labute approximate surface area is 168 Å². The number of fused-ring (bicyclic) bond motifs is 1. The highest BCUT2D eigenvalue weighted by molar-refractivity contribution is 5.60. The molecule has 0 N–H and O–H groups in total. The van der Waals surface area contributed by atoms with E-state index in [2.05, 4.69) is 25.4 Å². The first-order valence-corrected chi connectivity index (χ1v) is 8.73. The number of ether oxygens (including phenoxy) is 1. The number of benzene rings is 1. The van der Waals surface area contributed by atoms with E-state index in [4.69, 9.17) is 7.48 Å². The van der Waals surface area contributed by atoms with Crippen LogP contribution in [0, 0.1) is 11.6 Å². The molecule has 0 aliphatic carbocycles. The highest BCUT2D eigenvalue weighted by Crippen LogP contribution is 2.32. The van der Waals surface area contributed by atoms with Crippen LogP contribution in [0.5, 0.6) is 5.88 Å². The van der Waals surface area contributed by atoms with Gasteiger partial charge < -0.3 is 4.74 Å². The molecule has 1 aromatic carbocycles. The summed E-state index contributed by atoms with van der Waals surface area (Å²) in [6, 6.07) is 4.60. The molecule has 0 atom stereocenters. The minimum atomic E-state index is -2.37. The van der Waals surface area contributed by atoms with E-state index in [0.29, 0.717) is 5.56 Å². The second kappa shape index (κ2) is 6.87. The normalized spacial score (nSPS) is 13.4. The van der Waals surface area contributed by atoms with Crippen molar-refractivity contribution >= 4 is 5.65 Å². The molecule has 0 aliphatic rings. The zero-order valence-corrected chi connectivity index (χ0v) is 16.2. The summed E-state index contributed by atoms with van der Waals surface area (Å²) in [5.74, 6) is -1.51. The molecule has 29 heavy (non-hydrogen) atoms. The molecule has 0 bridgehead atoms. The third-order valence-electron chi connectivity index (χ3n) is 4.29. The molecule has 10 heteroatoms. The average Bonchev–Trinajstić information content (AvgIpc) is 3.28. The summed E-state index contributed by atoms with van der Waals surface area (Å²) in [5.41, 5.74) is 0.182. The van der Waals surface area contributed by atoms with Gasteiger partial charge >= 0.3 is 0 Å². The summed E-state index contributed by atoms with van der Waals surface area (Å²) in [7, 11) is 1.54. The molecule has 3 aromatic heterocycles. The largest absolute Gasteiger partial charge is 0.468 e. The van der Waals surface area contributed by atoms with Gasteiger partial charge in [0.2, 0.25) is 5.88 Å². The maximum absolute atomic E-state index is 14.3. The highest BCUT2D eigenvalue weighted by atomic mass is 19.1. The summed E-state index contributed by atoms with van der Waals surface area (Å²) in [5, 5.41) is 16.2. The Morgan fingerprint density at radius 2 is 1.97 bits per heavy atom. The van der Waals surface area contributed by atoms with Gasteiger partial charge in [-0.1, -0.05) is 20.8 Å². The fourth-order valence-electron chi connectivity index (χ4n) is 2.75. The van der Waals surface area contributed by atoms with E-state index in [1.54, 1.807) is 6.07 Å². The first kappa shape index (κ1) is 16.5. The van der Waals surface area contributed by atoms with Crippen LogP contribution in [0.2, 0.25) is 0 Å². The summed E-state index contributed by atoms with van der Waals surface area (Å²) >= 11 is 0. The van der Waals surface area contributed by atoms with Crippen molar-refractivity contribution in [3.63, 3.8) is 0 Å². The third-order valence-corrected chi connectivity index (χ3v) is 4.29. The summed E-state index contributed by atoms with van der Waals surface area (Å²) in [6.45, 7) is 3.32. The van der Waals surface area contributed by atoms with Gasteiger partial charge in [0.25, 0.3) is 0 Å². The predicted molar refractivity (Wildman–Crippen MR) is 100 cm³/mol. The molecule has 4 rings (SSSR count). The Hall–Kier alpha value is -3.43. The van der Waals surface area contributed by atoms with Crippen molar-refractivity contribution in [2.45, 2.75) is 32.7 Å². The van der Waals surface area contributed by atoms with E-state index < -0.39 is 23.6 Å². The van der Waals surface area contributed by atoms with Gasteiger partial charge in [0.05, 0.1) is 8.30 Å². The second-order valence-corrected chi connectivity index (χ2v) is 7.44. The first-order valence-electron chi connectivity index (χ1n) is 9.73. The molecule has 0 aliphatic heterocycles. The second-order valence-electron chi connectivity index (χ2n) is 7.44. The van der Waals surface area contributed by atoms with Gasteiger partial charge in [0.1, 0.15) is 24.5 Å². The van der Waals surface area contributed by atoms with Gasteiger partial charge in [-0.3, -0.25) is 4.68 Å². The predicted octanol–water partition coefficient (Wildman–Crippen LogP) is 3.07. The van der Waals surface area contributed by atoms with Crippen LogP contribution in [0.25, 0.3) is 17.0 Å². The van der Waals surface area contributed by atoms with Crippen LogP contribution in [0.4, 0.5) is 8.78 Å². The van der Waals surface area contributed by atoms with E-state index in [0.717, 1.165) is 18.2 Å². The maximum atomic E-state index is 14.3. The molecule has 0 amide bonds. The monoisotopic (exact) mass is 401 g/mol. The van der Waals surface area contributed by atoms with Crippen LogP contribution in [0.1, 0.15) is 34.9 Å². The zero-order chi connectivity index (χ0) is 22.6. The quantitative estimate of drug-likeness (QED) is 0.523. The standard InChI is InChI=1S/C19H19F2N7O/c1-19(2,3)13-8-15-24-25-17(12-7-11(20)5-6-14(12)21)28(15)26-18(13)29-9-16-22-10-23-27(16)4/h5-8,10H,9H2,1-4H3/i9D2. The zero-order valence-electron chi connectivity index (χ0n) is 18.2. The Bertz CT molecular complexity index is 1280. The molecule has 8 nitrogen and oxygen atoms in total. The van der Waals surface area contributed by atoms with E-state index >= 15 is 0 Å². The minimum Gasteiger partial charge on any atom is -0.468 e. The lowest BCUT2D eigenvalue weighted by Crippen LogP contribution is -2.17. The molecule has 0 unspecified atom stereocenters. The van der Waals surface area contributed by atoms with Gasteiger partial charge in [0, 0.05) is 12.6 Å². The minimum absolute atomic E-state index is 0.0449. The van der Waals surface area contributed by atoms with Crippen molar-refractivity contribution in [1.29, 1.82) is 0 Å². The molecule has 0 saturated heterocycles. The highest BCUT2D eigenvalue weighted by Gasteiger charge is 2.24. The summed E-state index contributed by atoms with van der Waals surface area (Å²) < 4.78 is 52.9. The van der Waals surface area contributed by atoms with E-state index in [1.165, 1.54) is 22.6 Å². The Balaban J connectivity index is 1.91. The number of aromatic nitrogens is 7. The van der Waals surface area contributed by atoms with Crippen LogP contribution in [-0.2, 0) is 19.0 Å². The fraction of sp³-hybridized carbons (Fsp3) is 0.316. The Kier molecular flexibility index (Phi) is 3.91. The summed E-state index contributed by atoms with van der Waals surface area (Å²) in [6.07, 6.45) is 1.21. The number of aryl methyl sites for hydroxylation is 1. The van der Waals surface area contributed by atoms with E-state index in [9.17, 15) is 8.78 Å². The number of halogens is 2. The molecule has 4 aromatic rings. The number of nitrogens with zero attached hydrogens (tertiary/aromatic N) is 7. The molecular formula is C19H19F2N7O. The van der Waals surface area contributed by atoms with Gasteiger partial charge in [-0.05, 0) is 29.7 Å². The molecule has 0 fully saturated rings. The Morgan fingerprint density at radius 1 is 1.17 bits per heavy atom. The first-order chi connectivity index (χ1) is 14.5. The van der Waals surface area contributed by atoms with Gasteiger partial charge in [-0.15, -0.1) is 15.3 Å². The molecule has 0 saturated carbocycles. The summed E-state index contributed by atoms with van der Waals surface area (Å²) in [4.78, 5) is 3.92. The lowest BCUT2D eigenvalue weighted by atomic mass is 9.88. The molecule has 0 radical (unpaired) electrons. The number of hydrogen-bond donors (Lipinski definition) is 0. The van der Waals surface area contributed by atoms with E-state index in [-0.39, 0.29) is 28.7 Å². The van der Waals surface area contributed by atoms with Gasteiger partial charge in [0.15, 0.2) is 17.3 Å². The molecular weight excluding hydrogens is 380 g/mol. The Morgan fingerprint density at radius 3 is 2.66 bits per heavy atom. The number of hydrogen-bond acceptors (Lipinski definition) is 6. The lowest BCUT2D eigenvalue weighted by Gasteiger charge is -2.21.